The summed E-state index contributed by atoms with van der Waals surface area (Å²) in [5.74, 6) is -0.672. The Bertz CT molecular complexity index is 1370. The van der Waals surface area contributed by atoms with Gasteiger partial charge >= 0.3 is 0 Å². The monoisotopic (exact) mass is 493 g/mol. The number of likely N-dealkylation sites (N-methyl/N-ethyl adjacent to an activating group) is 1. The van der Waals surface area contributed by atoms with Crippen molar-refractivity contribution in [2.45, 2.75) is 32.2 Å². The first kappa shape index (κ1) is 24.2. The van der Waals surface area contributed by atoms with Crippen molar-refractivity contribution >= 4 is 45.9 Å². The van der Waals surface area contributed by atoms with E-state index in [9.17, 15) is 20.0 Å². The highest BCUT2D eigenvalue weighted by Gasteiger charge is 2.41. The highest BCUT2D eigenvalue weighted by atomic mass is 35.5. The van der Waals surface area contributed by atoms with Crippen LogP contribution < -0.4 is 10.2 Å². The van der Waals surface area contributed by atoms with Crippen LogP contribution >= 0.6 is 11.6 Å². The van der Waals surface area contributed by atoms with E-state index in [1.165, 1.54) is 12.1 Å². The van der Waals surface area contributed by atoms with Crippen molar-refractivity contribution in [3.05, 3.63) is 80.9 Å². The number of non-ortho nitro benzene ring substituents is 1. The van der Waals surface area contributed by atoms with Crippen LogP contribution in [0.5, 0.6) is 5.75 Å². The third-order valence-corrected chi connectivity index (χ3v) is 6.95. The topological polar surface area (TPSA) is 120 Å². The molecule has 1 aliphatic heterocycles. The molecule has 0 saturated heterocycles. The molecule has 0 fully saturated rings. The smallest absolute Gasteiger partial charge is 0.271 e. The number of nitro groups is 1. The number of hydrogen-bond donors (Lipinski definition) is 2. The number of carbonyl (C=O) groups excluding carboxylic acids is 1. The maximum Gasteiger partial charge on any atom is 0.271 e. The van der Waals surface area contributed by atoms with E-state index in [4.69, 9.17) is 11.6 Å². The number of phenolic OH excluding ortho intramolecular Hbond substituents is 1. The highest BCUT2D eigenvalue weighted by Crippen LogP contribution is 2.48. The summed E-state index contributed by atoms with van der Waals surface area (Å²) in [5.41, 5.74) is 2.48. The van der Waals surface area contributed by atoms with Crippen LogP contribution in [0.2, 0.25) is 5.02 Å². The minimum atomic E-state index is -0.581. The summed E-state index contributed by atoms with van der Waals surface area (Å²) in [6.45, 7) is 6.36. The van der Waals surface area contributed by atoms with Crippen molar-refractivity contribution in [1.29, 1.82) is 0 Å². The van der Waals surface area contributed by atoms with E-state index >= 15 is 0 Å². The number of hydrogen-bond acceptors (Lipinski definition) is 7. The molecule has 0 spiro atoms. The summed E-state index contributed by atoms with van der Waals surface area (Å²) >= 11 is 6.20. The average Bonchev–Trinajstić information content (AvgIpc) is 2.98. The summed E-state index contributed by atoms with van der Waals surface area (Å²) in [5, 5.41) is 32.8. The van der Waals surface area contributed by atoms with Crippen molar-refractivity contribution in [3.8, 4) is 5.75 Å². The first-order valence-electron chi connectivity index (χ1n) is 10.9. The van der Waals surface area contributed by atoms with Gasteiger partial charge in [0.2, 0.25) is 0 Å². The average molecular weight is 494 g/mol. The molecule has 3 aromatic rings. The van der Waals surface area contributed by atoms with E-state index in [2.05, 4.69) is 41.2 Å². The molecule has 3 aromatic carbocycles. The Morgan fingerprint density at radius 1 is 1.14 bits per heavy atom. The maximum absolute atomic E-state index is 13.0. The Balaban J connectivity index is 1.81. The first-order valence-corrected chi connectivity index (χ1v) is 11.2. The number of azo groups is 1. The summed E-state index contributed by atoms with van der Waals surface area (Å²) < 4.78 is 0. The molecular weight excluding hydrogens is 470 g/mol. The number of halogens is 1. The second kappa shape index (κ2) is 8.99. The lowest BCUT2D eigenvalue weighted by atomic mass is 9.81. The number of benzene rings is 3. The molecule has 1 amide bonds. The molecule has 10 heteroatoms. The van der Waals surface area contributed by atoms with Crippen molar-refractivity contribution in [3.63, 3.8) is 0 Å². The standard InChI is InChI=1S/C25H24ClN5O4/c1-14-25(2,3)17-12-20(28-29-21-11-15(31(34)35)9-10-23(21)32)19(13-22(17)30(14)4)27-24(33)16-7-5-6-8-18(16)26/h5-14,32H,1-4H3,(H,27,33). The van der Waals surface area contributed by atoms with E-state index in [-0.39, 0.29) is 28.6 Å². The Kier molecular flexibility index (Phi) is 6.21. The molecule has 2 N–H and O–H groups in total. The van der Waals surface area contributed by atoms with Gasteiger partial charge < -0.3 is 15.3 Å². The lowest BCUT2D eigenvalue weighted by Crippen LogP contribution is -2.36. The van der Waals surface area contributed by atoms with Crippen LogP contribution in [0.1, 0.15) is 36.7 Å². The molecule has 0 aliphatic carbocycles. The van der Waals surface area contributed by atoms with E-state index < -0.39 is 10.8 Å². The molecule has 180 valence electrons. The summed E-state index contributed by atoms with van der Waals surface area (Å²) in [6.07, 6.45) is 0. The van der Waals surface area contributed by atoms with E-state index in [1.54, 1.807) is 24.3 Å². The number of rotatable bonds is 5. The van der Waals surface area contributed by atoms with Gasteiger partial charge in [-0.1, -0.05) is 37.6 Å². The SMILES string of the molecule is CC1N(C)c2cc(NC(=O)c3ccccc3Cl)c(N=Nc3cc([N+](=O)[O-])ccc3O)cc2C1(C)C. The highest BCUT2D eigenvalue weighted by molar-refractivity contribution is 6.34. The number of nitro benzene ring substituents is 1. The number of fused-ring (bicyclic) bond motifs is 1. The number of nitrogens with zero attached hydrogens (tertiary/aromatic N) is 4. The van der Waals surface area contributed by atoms with Crippen molar-refractivity contribution in [2.24, 2.45) is 10.2 Å². The Morgan fingerprint density at radius 3 is 2.51 bits per heavy atom. The number of phenols is 1. The molecule has 1 unspecified atom stereocenters. The Morgan fingerprint density at radius 2 is 1.83 bits per heavy atom. The number of anilines is 2. The van der Waals surface area contributed by atoms with Crippen LogP contribution in [0.15, 0.2) is 64.8 Å². The molecule has 1 heterocycles. The van der Waals surface area contributed by atoms with Crippen LogP contribution in [-0.2, 0) is 5.41 Å². The molecule has 4 rings (SSSR count). The zero-order valence-electron chi connectivity index (χ0n) is 19.6. The van der Waals surface area contributed by atoms with Crippen molar-refractivity contribution < 1.29 is 14.8 Å². The van der Waals surface area contributed by atoms with Crippen LogP contribution in [0.3, 0.4) is 0 Å². The quantitative estimate of drug-likeness (QED) is 0.231. The Hall–Kier alpha value is -3.98. The van der Waals surface area contributed by atoms with Gasteiger partial charge in [-0.25, -0.2) is 0 Å². The van der Waals surface area contributed by atoms with Gasteiger partial charge in [0.1, 0.15) is 17.1 Å². The molecular formula is C25H24ClN5O4. The van der Waals surface area contributed by atoms with Gasteiger partial charge in [0, 0.05) is 36.3 Å². The van der Waals surface area contributed by atoms with Gasteiger partial charge in [-0.15, -0.1) is 10.2 Å². The molecule has 0 radical (unpaired) electrons. The van der Waals surface area contributed by atoms with Gasteiger partial charge in [0.15, 0.2) is 0 Å². The first-order chi connectivity index (χ1) is 16.5. The Labute approximate surface area is 207 Å². The summed E-state index contributed by atoms with van der Waals surface area (Å²) in [6, 6.07) is 14.0. The van der Waals surface area contributed by atoms with E-state index in [1.807, 2.05) is 19.2 Å². The van der Waals surface area contributed by atoms with Crippen molar-refractivity contribution in [2.75, 3.05) is 17.3 Å². The van der Waals surface area contributed by atoms with Crippen LogP contribution in [-0.4, -0.2) is 29.0 Å². The van der Waals surface area contributed by atoms with Gasteiger partial charge in [0.05, 0.1) is 21.2 Å². The maximum atomic E-state index is 13.0. The van der Waals surface area contributed by atoms with Crippen LogP contribution in [0.25, 0.3) is 0 Å². The predicted molar refractivity (Wildman–Crippen MR) is 136 cm³/mol. The van der Waals surface area contributed by atoms with Crippen LogP contribution in [0, 0.1) is 10.1 Å². The fraction of sp³-hybridized carbons (Fsp3) is 0.240. The molecule has 0 bridgehead atoms. The minimum absolute atomic E-state index is 0.0622. The third kappa shape index (κ3) is 4.42. The van der Waals surface area contributed by atoms with Gasteiger partial charge in [-0.2, -0.15) is 0 Å². The van der Waals surface area contributed by atoms with Crippen LogP contribution in [0.4, 0.5) is 28.4 Å². The van der Waals surface area contributed by atoms with Gasteiger partial charge in [-0.05, 0) is 42.8 Å². The minimum Gasteiger partial charge on any atom is -0.506 e. The normalized spacial score (nSPS) is 16.4. The molecule has 9 nitrogen and oxygen atoms in total. The number of amides is 1. The molecule has 1 aliphatic rings. The van der Waals surface area contributed by atoms with Crippen molar-refractivity contribution in [1.82, 2.24) is 0 Å². The van der Waals surface area contributed by atoms with E-state index in [0.717, 1.165) is 17.3 Å². The zero-order valence-corrected chi connectivity index (χ0v) is 20.4. The second-order valence-electron chi connectivity index (χ2n) is 8.96. The summed E-state index contributed by atoms with van der Waals surface area (Å²) in [7, 11) is 1.99. The number of carbonyl (C=O) groups is 1. The second-order valence-corrected chi connectivity index (χ2v) is 9.37. The fourth-order valence-corrected chi connectivity index (χ4v) is 4.36. The lowest BCUT2D eigenvalue weighted by Gasteiger charge is -2.28. The fourth-order valence-electron chi connectivity index (χ4n) is 4.13. The molecule has 0 aromatic heterocycles. The molecule has 1 atom stereocenters. The van der Waals surface area contributed by atoms with E-state index in [0.29, 0.717) is 22.0 Å². The predicted octanol–water partition coefficient (Wildman–Crippen LogP) is 6.74. The largest absolute Gasteiger partial charge is 0.506 e. The number of nitrogens with one attached hydrogen (secondary N) is 1. The lowest BCUT2D eigenvalue weighted by molar-refractivity contribution is -0.384. The molecule has 0 saturated carbocycles. The number of aromatic hydroxyl groups is 1. The third-order valence-electron chi connectivity index (χ3n) is 6.62. The molecule has 35 heavy (non-hydrogen) atoms. The van der Waals surface area contributed by atoms with Gasteiger partial charge in [-0.3, -0.25) is 14.9 Å². The van der Waals surface area contributed by atoms with Gasteiger partial charge in [0.25, 0.3) is 11.6 Å². The summed E-state index contributed by atoms with van der Waals surface area (Å²) in [4.78, 5) is 25.7. The zero-order chi connectivity index (χ0) is 25.5.